The van der Waals surface area contributed by atoms with E-state index in [-0.39, 0.29) is 45.4 Å². The van der Waals surface area contributed by atoms with Crippen molar-refractivity contribution >= 4 is 29.1 Å². The van der Waals surface area contributed by atoms with Crippen molar-refractivity contribution in [2.24, 2.45) is 0 Å². The average molecular weight is 571 g/mol. The highest BCUT2D eigenvalue weighted by atomic mass is 35.5. The van der Waals surface area contributed by atoms with Crippen molar-refractivity contribution in [1.82, 2.24) is 0 Å². The Labute approximate surface area is 232 Å². The van der Waals surface area contributed by atoms with Gasteiger partial charge in [0.1, 0.15) is 11.9 Å². The largest absolute Gasteiger partial charge is 0.455 e. The smallest absolute Gasteiger partial charge is 0.308 e. The summed E-state index contributed by atoms with van der Waals surface area (Å²) < 4.78 is 49.1. The van der Waals surface area contributed by atoms with Crippen LogP contribution in [0.3, 0.4) is 0 Å². The van der Waals surface area contributed by atoms with Crippen molar-refractivity contribution < 1.29 is 52.3 Å². The number of rotatable bonds is 3. The Kier molecular flexibility index (Phi) is 4.90. The van der Waals surface area contributed by atoms with Crippen LogP contribution in [0.25, 0.3) is 0 Å². The van der Waals surface area contributed by atoms with Gasteiger partial charge in [-0.15, -0.1) is 0 Å². The Balaban J connectivity index is 1.34. The van der Waals surface area contributed by atoms with Crippen molar-refractivity contribution in [3.8, 4) is 11.5 Å². The molecule has 4 fully saturated rings. The molecule has 11 nitrogen and oxygen atoms in total. The first-order valence-electron chi connectivity index (χ1n) is 12.9. The number of carbonyl (C=O) groups excluding carboxylic acids is 3. The van der Waals surface area contributed by atoms with Crippen molar-refractivity contribution in [2.45, 2.75) is 55.9 Å². The number of aryl methyl sites for hydroxylation is 1. The van der Waals surface area contributed by atoms with Gasteiger partial charge in [-0.25, -0.2) is 0 Å². The highest BCUT2D eigenvalue weighted by molar-refractivity contribution is 6.36. The monoisotopic (exact) mass is 570 g/mol. The maximum Gasteiger partial charge on any atom is 0.308 e. The number of ketones is 2. The van der Waals surface area contributed by atoms with Crippen LogP contribution < -0.4 is 9.47 Å². The second kappa shape index (κ2) is 7.89. The highest BCUT2D eigenvalue weighted by Crippen LogP contribution is 2.71. The maximum atomic E-state index is 14.2. The number of methoxy groups -OCH3 is 1. The lowest BCUT2D eigenvalue weighted by Crippen LogP contribution is -2.70. The first-order valence-corrected chi connectivity index (χ1v) is 13.3. The molecular formula is C28H23ClO11. The first-order chi connectivity index (χ1) is 19.2. The predicted octanol–water partition coefficient (Wildman–Crippen LogP) is 2.78. The topological polar surface area (TPSA) is 128 Å². The molecule has 3 unspecified atom stereocenters. The van der Waals surface area contributed by atoms with Gasteiger partial charge < -0.3 is 37.9 Å². The summed E-state index contributed by atoms with van der Waals surface area (Å²) in [5.41, 5.74) is 0.0371. The van der Waals surface area contributed by atoms with Crippen LogP contribution in [0.15, 0.2) is 18.2 Å². The molecule has 40 heavy (non-hydrogen) atoms. The number of ether oxygens (including phenoxy) is 8. The van der Waals surface area contributed by atoms with E-state index in [9.17, 15) is 14.4 Å². The molecule has 0 amide bonds. The Morgan fingerprint density at radius 3 is 2.50 bits per heavy atom. The molecule has 2 aromatic rings. The van der Waals surface area contributed by atoms with E-state index in [1.165, 1.54) is 26.2 Å². The summed E-state index contributed by atoms with van der Waals surface area (Å²) in [5.74, 6) is -4.78. The molecule has 5 heterocycles. The maximum absolute atomic E-state index is 14.2. The fourth-order valence-corrected chi connectivity index (χ4v) is 7.12. The fraction of sp³-hybridized carbons (Fsp3) is 0.464. The molecule has 8 rings (SSSR count). The number of fused-ring (bicyclic) bond motifs is 8. The minimum atomic E-state index is -1.54. The van der Waals surface area contributed by atoms with Crippen LogP contribution in [0.2, 0.25) is 5.02 Å². The summed E-state index contributed by atoms with van der Waals surface area (Å²) in [7, 11) is 1.47. The van der Waals surface area contributed by atoms with Crippen LogP contribution >= 0.6 is 11.6 Å². The van der Waals surface area contributed by atoms with E-state index in [0.29, 0.717) is 24.3 Å². The van der Waals surface area contributed by atoms with E-state index in [2.05, 4.69) is 0 Å². The summed E-state index contributed by atoms with van der Waals surface area (Å²) in [6.45, 7) is 4.07. The standard InChI is InChI=1S/C28H23ClO11/c1-11-9-14-18(20(32)17-13(19(14)31)5-6-15(29)21(17)37-12(2)30)22-16(11)23-24-27(33-3,38-22)26(10-36-26)28(39-23,40-24)25-34-7-4-8-35-25/h5-6,9,23-25H,4,7-8,10H2,1-3H3/t23?,24?,26-,27+,28?/m0/s1. The number of hydrogen-bond donors (Lipinski definition) is 0. The number of halogens is 1. The van der Waals surface area contributed by atoms with Crippen molar-refractivity contribution in [3.05, 3.63) is 56.6 Å². The molecule has 4 saturated heterocycles. The summed E-state index contributed by atoms with van der Waals surface area (Å²) >= 11 is 6.33. The molecule has 5 atom stereocenters. The average Bonchev–Trinajstić information content (AvgIpc) is 3.59. The van der Waals surface area contributed by atoms with Gasteiger partial charge in [-0.2, -0.15) is 0 Å². The third-order valence-electron chi connectivity index (χ3n) is 8.62. The highest BCUT2D eigenvalue weighted by Gasteiger charge is 2.93. The van der Waals surface area contributed by atoms with E-state index in [1.807, 2.05) is 0 Å². The summed E-state index contributed by atoms with van der Waals surface area (Å²) in [6, 6.07) is 4.50. The number of esters is 1. The molecule has 0 radical (unpaired) electrons. The Bertz CT molecular complexity index is 1560. The molecule has 0 aromatic heterocycles. The molecule has 0 saturated carbocycles. The normalized spacial score (nSPS) is 34.8. The fourth-order valence-electron chi connectivity index (χ4n) is 6.93. The molecule has 5 aliphatic heterocycles. The van der Waals surface area contributed by atoms with Crippen LogP contribution in [0.5, 0.6) is 11.5 Å². The lowest BCUT2D eigenvalue weighted by Gasteiger charge is -2.50. The molecule has 208 valence electrons. The molecule has 0 N–H and O–H groups in total. The van der Waals surface area contributed by atoms with Gasteiger partial charge in [-0.3, -0.25) is 14.4 Å². The van der Waals surface area contributed by atoms with Crippen LogP contribution in [0.4, 0.5) is 0 Å². The van der Waals surface area contributed by atoms with Gasteiger partial charge in [0.15, 0.2) is 17.6 Å². The van der Waals surface area contributed by atoms with Crippen LogP contribution in [0, 0.1) is 6.92 Å². The predicted molar refractivity (Wildman–Crippen MR) is 132 cm³/mol. The van der Waals surface area contributed by atoms with Crippen molar-refractivity contribution in [2.75, 3.05) is 26.9 Å². The van der Waals surface area contributed by atoms with E-state index >= 15 is 0 Å². The molecule has 1 spiro atoms. The molecule has 12 heteroatoms. The van der Waals surface area contributed by atoms with Crippen LogP contribution in [-0.2, 0) is 33.2 Å². The van der Waals surface area contributed by atoms with Gasteiger partial charge in [0, 0.05) is 30.7 Å². The van der Waals surface area contributed by atoms with Crippen molar-refractivity contribution in [1.29, 1.82) is 0 Å². The van der Waals surface area contributed by atoms with Crippen LogP contribution in [-0.4, -0.2) is 74.0 Å². The number of hydrogen-bond acceptors (Lipinski definition) is 11. The van der Waals surface area contributed by atoms with E-state index in [0.717, 1.165) is 6.42 Å². The SMILES string of the molecule is CO[C@@]12Oc3c4c(cc(C)c3C3OC(C5OCCCO5)(OC31)[C@]21CO1)C(=O)c1ccc(Cl)c(OC(C)=O)c1C4=O. The molecule has 6 aliphatic rings. The van der Waals surface area contributed by atoms with Gasteiger partial charge >= 0.3 is 5.97 Å². The summed E-state index contributed by atoms with van der Waals surface area (Å²) in [6.07, 6.45) is -1.70. The Morgan fingerprint density at radius 2 is 1.82 bits per heavy atom. The van der Waals surface area contributed by atoms with E-state index < -0.39 is 53.2 Å². The zero-order chi connectivity index (χ0) is 27.8. The van der Waals surface area contributed by atoms with Crippen molar-refractivity contribution in [3.63, 3.8) is 0 Å². The third-order valence-corrected chi connectivity index (χ3v) is 8.91. The van der Waals surface area contributed by atoms with Gasteiger partial charge in [0.05, 0.1) is 36.0 Å². The zero-order valence-corrected chi connectivity index (χ0v) is 22.4. The second-order valence-electron chi connectivity index (χ2n) is 10.7. The lowest BCUT2D eigenvalue weighted by molar-refractivity contribution is -0.365. The molecule has 2 bridgehead atoms. The molecule has 2 aromatic carbocycles. The summed E-state index contributed by atoms with van der Waals surface area (Å²) in [5, 5.41) is 0.0167. The van der Waals surface area contributed by atoms with Gasteiger partial charge in [-0.1, -0.05) is 11.6 Å². The van der Waals surface area contributed by atoms with E-state index in [4.69, 9.17) is 49.5 Å². The number of epoxide rings is 1. The Hall–Kier alpha value is -2.90. The van der Waals surface area contributed by atoms with E-state index in [1.54, 1.807) is 13.0 Å². The minimum absolute atomic E-state index is 0.00221. The Morgan fingerprint density at radius 1 is 1.07 bits per heavy atom. The number of benzene rings is 2. The quantitative estimate of drug-likeness (QED) is 0.262. The van der Waals surface area contributed by atoms with Gasteiger partial charge in [0.2, 0.25) is 17.7 Å². The van der Waals surface area contributed by atoms with Crippen LogP contribution in [0.1, 0.15) is 62.4 Å². The molecular weight excluding hydrogens is 548 g/mol. The second-order valence-corrected chi connectivity index (χ2v) is 11.1. The van der Waals surface area contributed by atoms with Gasteiger partial charge in [-0.05, 0) is 37.1 Å². The summed E-state index contributed by atoms with van der Waals surface area (Å²) in [4.78, 5) is 39.9. The zero-order valence-electron chi connectivity index (χ0n) is 21.7. The first kappa shape index (κ1) is 24.9. The number of carbonyl (C=O) groups is 3. The van der Waals surface area contributed by atoms with Gasteiger partial charge in [0.25, 0.3) is 11.6 Å². The molecule has 1 aliphatic carbocycles. The lowest BCUT2D eigenvalue weighted by atomic mass is 9.75. The minimum Gasteiger partial charge on any atom is -0.455 e. The third kappa shape index (κ3) is 2.69.